The van der Waals surface area contributed by atoms with E-state index in [-0.39, 0.29) is 0 Å². The maximum atomic E-state index is 4.56. The van der Waals surface area contributed by atoms with Crippen molar-refractivity contribution in [2.75, 3.05) is 9.80 Å². The first-order valence-electron chi connectivity index (χ1n) is 35.8. The number of thiophene rings is 2. The van der Waals surface area contributed by atoms with Gasteiger partial charge < -0.3 is 18.9 Å². The number of rotatable bonds is 12. The van der Waals surface area contributed by atoms with E-state index in [0.717, 1.165) is 56.2 Å². The van der Waals surface area contributed by atoms with Gasteiger partial charge in [-0.2, -0.15) is 0 Å². The van der Waals surface area contributed by atoms with E-state index in [4.69, 9.17) is 0 Å². The van der Waals surface area contributed by atoms with Gasteiger partial charge in [0.25, 0.3) is 0 Å². The minimum atomic E-state index is 0.986. The third-order valence-corrected chi connectivity index (χ3v) is 22.9. The molecule has 0 atom stereocenters. The van der Waals surface area contributed by atoms with E-state index in [1.165, 1.54) is 129 Å². The van der Waals surface area contributed by atoms with E-state index in [1.807, 2.05) is 59.5 Å². The van der Waals surface area contributed by atoms with Crippen LogP contribution in [0.4, 0.5) is 34.1 Å². The largest absolute Gasteiger partial charge is 0.310 e. The van der Waals surface area contributed by atoms with Crippen LogP contribution in [0.2, 0.25) is 0 Å². The molecule has 106 heavy (non-hydrogen) atoms. The quantitative estimate of drug-likeness (QED) is 0.122. The van der Waals surface area contributed by atoms with Gasteiger partial charge in [0.05, 0.1) is 45.2 Å². The molecule has 0 saturated carbocycles. The number of nitrogens with zero attached hydrogens (tertiary/aromatic N) is 6. The average Bonchev–Trinajstić information content (AvgIpc) is 1.58. The summed E-state index contributed by atoms with van der Waals surface area (Å²) in [5.41, 5.74) is 24.1. The van der Waals surface area contributed by atoms with E-state index in [9.17, 15) is 0 Å². The highest BCUT2D eigenvalue weighted by Gasteiger charge is 2.22. The van der Waals surface area contributed by atoms with Crippen LogP contribution >= 0.6 is 22.7 Å². The minimum absolute atomic E-state index is 0.986. The molecule has 15 aromatic carbocycles. The van der Waals surface area contributed by atoms with Crippen molar-refractivity contribution >= 4 is 152 Å². The summed E-state index contributed by atoms with van der Waals surface area (Å²) in [5.74, 6) is 0. The van der Waals surface area contributed by atoms with Gasteiger partial charge in [0.1, 0.15) is 0 Å². The average molecular weight is 1390 g/mol. The predicted octanol–water partition coefficient (Wildman–Crippen LogP) is 27.9. The summed E-state index contributed by atoms with van der Waals surface area (Å²) in [6.07, 6.45) is 5.57. The van der Waals surface area contributed by atoms with Crippen molar-refractivity contribution in [2.24, 2.45) is 0 Å². The van der Waals surface area contributed by atoms with Gasteiger partial charge >= 0.3 is 0 Å². The highest BCUT2D eigenvalue weighted by molar-refractivity contribution is 7.26. The Labute approximate surface area is 620 Å². The van der Waals surface area contributed by atoms with Crippen LogP contribution in [0.15, 0.2) is 389 Å². The summed E-state index contributed by atoms with van der Waals surface area (Å²) in [7, 11) is 0. The van der Waals surface area contributed by atoms with Crippen molar-refractivity contribution in [3.05, 3.63) is 389 Å². The molecule has 0 radical (unpaired) electrons. The molecule has 8 heteroatoms. The molecule has 6 aromatic heterocycles. The Hall–Kier alpha value is -13.5. The fourth-order valence-electron chi connectivity index (χ4n) is 15.8. The number of pyridine rings is 2. The van der Waals surface area contributed by atoms with Crippen LogP contribution in [0.1, 0.15) is 0 Å². The van der Waals surface area contributed by atoms with Gasteiger partial charge in [-0.05, 0) is 208 Å². The minimum Gasteiger partial charge on any atom is -0.310 e. The Morgan fingerprint density at radius 3 is 1.33 bits per heavy atom. The predicted molar refractivity (Wildman–Crippen MR) is 452 cm³/mol. The molecule has 0 unspecified atom stereocenters. The second kappa shape index (κ2) is 26.4. The van der Waals surface area contributed by atoms with Crippen molar-refractivity contribution in [3.63, 3.8) is 0 Å². The summed E-state index contributed by atoms with van der Waals surface area (Å²) in [4.78, 5) is 13.6. The van der Waals surface area contributed by atoms with E-state index in [2.05, 4.69) is 381 Å². The van der Waals surface area contributed by atoms with Crippen molar-refractivity contribution < 1.29 is 0 Å². The summed E-state index contributed by atoms with van der Waals surface area (Å²) in [5, 5.41) is 11.4. The third kappa shape index (κ3) is 11.1. The monoisotopic (exact) mass is 1390 g/mol. The number of fused-ring (bicyclic) bond motifs is 13. The highest BCUT2D eigenvalue weighted by Crippen LogP contribution is 2.46. The van der Waals surface area contributed by atoms with Crippen LogP contribution < -0.4 is 9.80 Å². The van der Waals surface area contributed by atoms with Crippen LogP contribution in [0.3, 0.4) is 0 Å². The second-order valence-corrected chi connectivity index (χ2v) is 29.1. The van der Waals surface area contributed by atoms with Crippen molar-refractivity contribution in [1.29, 1.82) is 0 Å². The molecule has 6 nitrogen and oxygen atoms in total. The number of anilines is 6. The van der Waals surface area contributed by atoms with E-state index in [0.29, 0.717) is 0 Å². The van der Waals surface area contributed by atoms with Crippen LogP contribution in [0, 0.1) is 0 Å². The first kappa shape index (κ1) is 62.3. The Kier molecular flexibility index (Phi) is 15.5. The first-order valence-corrected chi connectivity index (χ1v) is 37.4. The molecule has 0 saturated heterocycles. The van der Waals surface area contributed by atoms with Gasteiger partial charge in [-0.25, -0.2) is 0 Å². The number of hydrogen-bond donors (Lipinski definition) is 0. The van der Waals surface area contributed by atoms with Gasteiger partial charge in [0.15, 0.2) is 0 Å². The fourth-order valence-corrected chi connectivity index (χ4v) is 18.0. The lowest BCUT2D eigenvalue weighted by Gasteiger charge is -2.26. The van der Waals surface area contributed by atoms with Gasteiger partial charge in [0.2, 0.25) is 0 Å². The number of aromatic nitrogens is 4. The lowest BCUT2D eigenvalue weighted by Crippen LogP contribution is -2.10. The van der Waals surface area contributed by atoms with Crippen molar-refractivity contribution in [3.8, 4) is 55.9 Å². The topological polar surface area (TPSA) is 42.1 Å². The smallest absolute Gasteiger partial charge is 0.0703 e. The summed E-state index contributed by atoms with van der Waals surface area (Å²) < 4.78 is 10.2. The molecular formula is C98H64N6S2. The van der Waals surface area contributed by atoms with E-state index >= 15 is 0 Å². The summed E-state index contributed by atoms with van der Waals surface area (Å²) >= 11 is 3.72. The van der Waals surface area contributed by atoms with Crippen LogP contribution in [-0.2, 0) is 0 Å². The molecule has 0 aliphatic carbocycles. The number of hydrogen-bond acceptors (Lipinski definition) is 6. The first-order chi connectivity index (χ1) is 52.5. The van der Waals surface area contributed by atoms with Crippen LogP contribution in [-0.4, -0.2) is 19.1 Å². The highest BCUT2D eigenvalue weighted by atomic mass is 32.1. The lowest BCUT2D eigenvalue weighted by molar-refractivity contribution is 1.19. The second-order valence-electron chi connectivity index (χ2n) is 26.9. The van der Waals surface area contributed by atoms with Gasteiger partial charge in [0, 0.05) is 114 Å². The molecule has 0 N–H and O–H groups in total. The Morgan fingerprint density at radius 2 is 0.698 bits per heavy atom. The molecule has 0 aliphatic heterocycles. The maximum Gasteiger partial charge on any atom is 0.0703 e. The Morgan fingerprint density at radius 1 is 0.245 bits per heavy atom. The molecular weight excluding hydrogens is 1330 g/mol. The zero-order valence-electron chi connectivity index (χ0n) is 57.5. The third-order valence-electron chi connectivity index (χ3n) is 20.6. The van der Waals surface area contributed by atoms with Gasteiger partial charge in [-0.3, -0.25) is 9.97 Å². The standard InChI is InChI=1S/C51H33N3S.C47H31N3S/c1-2-16-39(17-3-1)53(41-26-28-45-38(32-41)15-11-29-52-45)40-18-9-14-36(31-40)34-12-8-13-35(30-34)37-25-27-43-42-19-4-6-21-46(42)54(48(43)33-37)47-22-10-24-50-51(47)44-20-5-7-23-49(44)55-50;1-2-14-36(15-3-1)49(39-17-10-26-48-31-39)37-16-9-13-34(28-37)32-11-8-12-33(27-32)35-22-24-41-40-18-4-6-20-44(40)50(45(41)29-35)38-23-25-47-43(30-38)42-19-5-7-21-46(42)51-47/h1-33H;1-31H. The number of benzene rings is 15. The van der Waals surface area contributed by atoms with Crippen molar-refractivity contribution in [2.45, 2.75) is 0 Å². The SMILES string of the molecule is c1ccc(N(c2cccc(-c3cccc(-c4ccc5c6ccccc6n(-c6cccc7sc8ccccc8c67)c5c4)c3)c2)c2ccc3ncccc3c2)cc1.c1ccc(N(c2cccnc2)c2cccc(-c3cccc(-c4ccc5c6ccccc6n(-c6ccc7sc8ccccc8c7c6)c5c4)c3)c2)cc1. The van der Waals surface area contributed by atoms with Crippen LogP contribution in [0.5, 0.6) is 0 Å². The molecule has 498 valence electrons. The maximum absolute atomic E-state index is 4.56. The zero-order valence-corrected chi connectivity index (χ0v) is 59.1. The fraction of sp³-hybridized carbons (Fsp3) is 0. The summed E-state index contributed by atoms with van der Waals surface area (Å²) in [6.45, 7) is 0. The molecule has 0 amide bonds. The molecule has 0 aliphatic rings. The zero-order chi connectivity index (χ0) is 70.0. The van der Waals surface area contributed by atoms with Crippen LogP contribution in [0.25, 0.3) is 151 Å². The molecule has 21 aromatic rings. The van der Waals surface area contributed by atoms with E-state index < -0.39 is 0 Å². The van der Waals surface area contributed by atoms with Gasteiger partial charge in [-0.15, -0.1) is 22.7 Å². The van der Waals surface area contributed by atoms with E-state index in [1.54, 1.807) is 0 Å². The van der Waals surface area contributed by atoms with Crippen molar-refractivity contribution in [1.82, 2.24) is 19.1 Å². The molecule has 0 bridgehead atoms. The molecule has 6 heterocycles. The Bertz CT molecular complexity index is 6890. The number of para-hydroxylation sites is 4. The van der Waals surface area contributed by atoms with Gasteiger partial charge in [-0.1, -0.05) is 206 Å². The Balaban J connectivity index is 0.000000141. The lowest BCUT2D eigenvalue weighted by atomic mass is 9.97. The normalized spacial score (nSPS) is 11.6. The summed E-state index contributed by atoms with van der Waals surface area (Å²) in [6, 6.07) is 134. The molecule has 0 spiro atoms. The molecule has 0 fully saturated rings. The molecule has 21 rings (SSSR count).